The molecule has 1 heterocycles. The number of hydrogen-bond acceptors (Lipinski definition) is 6. The van der Waals surface area contributed by atoms with Gasteiger partial charge >= 0.3 is 0 Å². The largest absolute Gasteiger partial charge is 0.494 e. The number of nitriles is 1. The van der Waals surface area contributed by atoms with Gasteiger partial charge in [-0.25, -0.2) is 0 Å². The molecule has 0 N–H and O–H groups in total. The van der Waals surface area contributed by atoms with Gasteiger partial charge < -0.3 is 14.2 Å². The lowest BCUT2D eigenvalue weighted by Gasteiger charge is -2.22. The molecule has 0 unspecified atom stereocenters. The van der Waals surface area contributed by atoms with Gasteiger partial charge in [-0.3, -0.25) is 4.79 Å². The lowest BCUT2D eigenvalue weighted by Crippen LogP contribution is -2.33. The Morgan fingerprint density at radius 2 is 2.08 bits per heavy atom. The summed E-state index contributed by atoms with van der Waals surface area (Å²) in [6, 6.07) is 9.47. The van der Waals surface area contributed by atoms with Gasteiger partial charge in [0.2, 0.25) is 5.91 Å². The normalized spacial score (nSPS) is 10.4. The van der Waals surface area contributed by atoms with Crippen LogP contribution in [0.4, 0.5) is 5.69 Å². The first-order chi connectivity index (χ1) is 12.6. The van der Waals surface area contributed by atoms with E-state index in [1.54, 1.807) is 4.90 Å². The first kappa shape index (κ1) is 19.9. The van der Waals surface area contributed by atoms with Crippen molar-refractivity contribution in [1.82, 2.24) is 5.16 Å². The predicted molar refractivity (Wildman–Crippen MR) is 102 cm³/mol. The van der Waals surface area contributed by atoms with Crippen LogP contribution in [0.1, 0.15) is 30.4 Å². The van der Waals surface area contributed by atoms with E-state index in [-0.39, 0.29) is 12.3 Å². The van der Waals surface area contributed by atoms with Crippen molar-refractivity contribution in [3.05, 3.63) is 41.3 Å². The zero-order valence-corrected chi connectivity index (χ0v) is 16.1. The van der Waals surface area contributed by atoms with Gasteiger partial charge in [0, 0.05) is 23.5 Å². The van der Waals surface area contributed by atoms with Crippen molar-refractivity contribution in [1.29, 1.82) is 5.26 Å². The second-order valence-corrected chi connectivity index (χ2v) is 6.66. The molecule has 2 rings (SSSR count). The fourth-order valence-electron chi connectivity index (χ4n) is 2.47. The third kappa shape index (κ3) is 5.27. The Bertz CT molecular complexity index is 746. The van der Waals surface area contributed by atoms with Crippen LogP contribution >= 0.6 is 11.8 Å². The van der Waals surface area contributed by atoms with Gasteiger partial charge in [-0.1, -0.05) is 5.16 Å². The van der Waals surface area contributed by atoms with E-state index in [4.69, 9.17) is 14.5 Å². The second kappa shape index (κ2) is 9.88. The van der Waals surface area contributed by atoms with Crippen LogP contribution in [0.15, 0.2) is 28.8 Å². The zero-order chi connectivity index (χ0) is 18.9. The maximum absolute atomic E-state index is 12.7. The summed E-state index contributed by atoms with van der Waals surface area (Å²) >= 11 is 1.52. The summed E-state index contributed by atoms with van der Waals surface area (Å²) in [5.41, 5.74) is 2.66. The van der Waals surface area contributed by atoms with Gasteiger partial charge in [0.25, 0.3) is 0 Å². The summed E-state index contributed by atoms with van der Waals surface area (Å²) in [6.45, 7) is 6.65. The third-order valence-electron chi connectivity index (χ3n) is 3.86. The predicted octanol–water partition coefficient (Wildman–Crippen LogP) is 3.87. The number of ether oxygens (including phenoxy) is 1. The monoisotopic (exact) mass is 373 g/mol. The smallest absolute Gasteiger partial charge is 0.237 e. The van der Waals surface area contributed by atoms with Crippen molar-refractivity contribution >= 4 is 23.4 Å². The molecule has 0 atom stereocenters. The number of nitrogens with zero attached hydrogens (tertiary/aromatic N) is 3. The number of hydrogen-bond donors (Lipinski definition) is 0. The molecule has 1 aromatic heterocycles. The number of benzene rings is 1. The molecule has 0 spiro atoms. The van der Waals surface area contributed by atoms with Crippen LogP contribution in [0.5, 0.6) is 5.75 Å². The Balaban J connectivity index is 2.01. The van der Waals surface area contributed by atoms with Crippen molar-refractivity contribution < 1.29 is 14.1 Å². The minimum absolute atomic E-state index is 0.0267. The van der Waals surface area contributed by atoms with E-state index in [0.29, 0.717) is 24.7 Å². The SMILES string of the molecule is CCOc1ccc(N(CCC#N)C(=O)CSCc2c(C)noc2C)cc1. The summed E-state index contributed by atoms with van der Waals surface area (Å²) in [5, 5.41) is 12.8. The Morgan fingerprint density at radius 3 is 2.65 bits per heavy atom. The molecule has 0 radical (unpaired) electrons. The Labute approximate surface area is 158 Å². The molecule has 7 heteroatoms. The number of anilines is 1. The maximum Gasteiger partial charge on any atom is 0.237 e. The molecule has 0 fully saturated rings. The number of aromatic nitrogens is 1. The Hall–Kier alpha value is -2.46. The summed E-state index contributed by atoms with van der Waals surface area (Å²) < 4.78 is 10.6. The number of thioether (sulfide) groups is 1. The van der Waals surface area contributed by atoms with Crippen LogP contribution in [-0.2, 0) is 10.5 Å². The van der Waals surface area contributed by atoms with Crippen LogP contribution in [0.2, 0.25) is 0 Å². The van der Waals surface area contributed by atoms with Gasteiger partial charge in [0.15, 0.2) is 0 Å². The van der Waals surface area contributed by atoms with Gasteiger partial charge in [-0.2, -0.15) is 5.26 Å². The number of rotatable bonds is 9. The first-order valence-electron chi connectivity index (χ1n) is 8.46. The van der Waals surface area contributed by atoms with Crippen LogP contribution in [0, 0.1) is 25.2 Å². The minimum Gasteiger partial charge on any atom is -0.494 e. The van der Waals surface area contributed by atoms with Crippen molar-refractivity contribution in [2.45, 2.75) is 32.9 Å². The first-order valence-corrected chi connectivity index (χ1v) is 9.62. The fraction of sp³-hybridized carbons (Fsp3) is 0.421. The van der Waals surface area contributed by atoms with Crippen LogP contribution in [0.25, 0.3) is 0 Å². The van der Waals surface area contributed by atoms with Crippen LogP contribution in [0.3, 0.4) is 0 Å². The van der Waals surface area contributed by atoms with Crippen LogP contribution < -0.4 is 9.64 Å². The van der Waals surface area contributed by atoms with E-state index >= 15 is 0 Å². The number of carbonyl (C=O) groups excluding carboxylic acids is 1. The molecule has 0 aliphatic heterocycles. The molecule has 1 aromatic carbocycles. The highest BCUT2D eigenvalue weighted by atomic mass is 32.2. The molecule has 2 aromatic rings. The molecule has 26 heavy (non-hydrogen) atoms. The molecular weight excluding hydrogens is 350 g/mol. The Kier molecular flexibility index (Phi) is 7.54. The van der Waals surface area contributed by atoms with Crippen molar-refractivity contribution in [2.24, 2.45) is 0 Å². The molecule has 6 nitrogen and oxygen atoms in total. The fourth-order valence-corrected chi connectivity index (χ4v) is 3.52. The number of carbonyl (C=O) groups is 1. The molecule has 138 valence electrons. The quantitative estimate of drug-likeness (QED) is 0.664. The van der Waals surface area contributed by atoms with E-state index in [2.05, 4.69) is 11.2 Å². The van der Waals surface area contributed by atoms with Gasteiger partial charge in [-0.05, 0) is 45.0 Å². The standard InChI is InChI=1S/C19H23N3O3S/c1-4-24-17-8-6-16(7-9-17)22(11-5-10-20)19(23)13-26-12-18-14(2)21-25-15(18)3/h6-9H,4-5,11-13H2,1-3H3. The summed E-state index contributed by atoms with van der Waals surface area (Å²) in [7, 11) is 0. The topological polar surface area (TPSA) is 79.4 Å². The van der Waals surface area contributed by atoms with Gasteiger partial charge in [0.1, 0.15) is 11.5 Å². The highest BCUT2D eigenvalue weighted by Gasteiger charge is 2.17. The summed E-state index contributed by atoms with van der Waals surface area (Å²) in [5.74, 6) is 2.51. The molecule has 1 amide bonds. The average Bonchev–Trinajstić information content (AvgIpc) is 2.95. The van der Waals surface area contributed by atoms with E-state index in [1.807, 2.05) is 45.0 Å². The lowest BCUT2D eigenvalue weighted by atomic mass is 10.2. The van der Waals surface area contributed by atoms with Crippen molar-refractivity contribution in [3.8, 4) is 11.8 Å². The Morgan fingerprint density at radius 1 is 1.35 bits per heavy atom. The lowest BCUT2D eigenvalue weighted by molar-refractivity contribution is -0.116. The zero-order valence-electron chi connectivity index (χ0n) is 15.3. The van der Waals surface area contributed by atoms with Crippen molar-refractivity contribution in [3.63, 3.8) is 0 Å². The molecule has 0 saturated carbocycles. The van der Waals surface area contributed by atoms with Crippen molar-refractivity contribution in [2.75, 3.05) is 23.8 Å². The number of amides is 1. The van der Waals surface area contributed by atoms with E-state index < -0.39 is 0 Å². The molecule has 0 saturated heterocycles. The molecule has 0 bridgehead atoms. The van der Waals surface area contributed by atoms with E-state index in [1.165, 1.54) is 11.8 Å². The molecule has 0 aliphatic carbocycles. The highest BCUT2D eigenvalue weighted by Crippen LogP contribution is 2.23. The van der Waals surface area contributed by atoms with E-state index in [9.17, 15) is 4.79 Å². The minimum atomic E-state index is -0.0267. The summed E-state index contributed by atoms with van der Waals surface area (Å²) in [4.78, 5) is 14.3. The van der Waals surface area contributed by atoms with Crippen LogP contribution in [-0.4, -0.2) is 30.0 Å². The van der Waals surface area contributed by atoms with Gasteiger partial charge in [-0.15, -0.1) is 11.8 Å². The molecule has 0 aliphatic rings. The second-order valence-electron chi connectivity index (χ2n) is 5.68. The average molecular weight is 373 g/mol. The number of aryl methyl sites for hydroxylation is 2. The summed E-state index contributed by atoms with van der Waals surface area (Å²) in [6.07, 6.45) is 0.285. The van der Waals surface area contributed by atoms with Gasteiger partial charge in [0.05, 0.1) is 30.5 Å². The third-order valence-corrected chi connectivity index (χ3v) is 4.80. The molecular formula is C19H23N3O3S. The van der Waals surface area contributed by atoms with E-state index in [0.717, 1.165) is 28.5 Å². The maximum atomic E-state index is 12.7. The highest BCUT2D eigenvalue weighted by molar-refractivity contribution is 7.99.